The molecule has 1 N–H and O–H groups in total. The van der Waals surface area contributed by atoms with Crippen molar-refractivity contribution in [2.45, 2.75) is 52.9 Å². The molecule has 0 aliphatic heterocycles. The third-order valence-electron chi connectivity index (χ3n) is 6.37. The molecule has 0 unspecified atom stereocenters. The minimum Gasteiger partial charge on any atom is -0.496 e. The summed E-state index contributed by atoms with van der Waals surface area (Å²) in [5, 5.41) is 4.16. The number of para-hydroxylation sites is 1. The SMILES string of the molecule is CCOc1c(/C(C)=C/C(=O)NCCc2ccccc2OC)cc2c3c(oc2c1C)CCCC3. The van der Waals surface area contributed by atoms with E-state index in [0.29, 0.717) is 19.6 Å². The summed E-state index contributed by atoms with van der Waals surface area (Å²) < 4.78 is 17.7. The molecular formula is C28H33NO4. The predicted molar refractivity (Wildman–Crippen MR) is 132 cm³/mol. The van der Waals surface area contributed by atoms with Crippen molar-refractivity contribution in [1.82, 2.24) is 5.32 Å². The van der Waals surface area contributed by atoms with E-state index in [9.17, 15) is 4.79 Å². The van der Waals surface area contributed by atoms with Crippen molar-refractivity contribution in [3.05, 3.63) is 64.4 Å². The molecule has 1 amide bonds. The smallest absolute Gasteiger partial charge is 0.244 e. The summed E-state index contributed by atoms with van der Waals surface area (Å²) in [6, 6.07) is 10.0. The number of furan rings is 1. The maximum absolute atomic E-state index is 12.7. The van der Waals surface area contributed by atoms with Crippen LogP contribution < -0.4 is 14.8 Å². The fourth-order valence-corrected chi connectivity index (χ4v) is 4.72. The highest BCUT2D eigenvalue weighted by atomic mass is 16.5. The number of aryl methyl sites for hydroxylation is 3. The standard InChI is InChI=1S/C28H33NO4/c1-5-32-27-19(3)28-23(21-11-7-9-13-25(21)33-28)17-22(27)18(2)16-26(30)29-15-14-20-10-6-8-12-24(20)31-4/h6,8,10,12,16-17H,5,7,9,11,13-15H2,1-4H3,(H,29,30)/b18-16+. The first-order valence-corrected chi connectivity index (χ1v) is 11.8. The molecule has 2 aromatic carbocycles. The molecule has 0 fully saturated rings. The summed E-state index contributed by atoms with van der Waals surface area (Å²) in [6.07, 6.45) is 6.77. The van der Waals surface area contributed by atoms with Crippen molar-refractivity contribution in [3.8, 4) is 11.5 Å². The molecule has 4 rings (SSSR count). The number of hydrogen-bond donors (Lipinski definition) is 1. The molecule has 3 aromatic rings. The fourth-order valence-electron chi connectivity index (χ4n) is 4.72. The van der Waals surface area contributed by atoms with E-state index in [2.05, 4.69) is 11.4 Å². The van der Waals surface area contributed by atoms with Crippen LogP contribution in [-0.2, 0) is 24.1 Å². The number of allylic oxidation sites excluding steroid dienone is 1. The average Bonchev–Trinajstić information content (AvgIpc) is 3.20. The fraction of sp³-hybridized carbons (Fsp3) is 0.393. The Balaban J connectivity index is 1.57. The number of nitrogens with one attached hydrogen (secondary N) is 1. The Morgan fingerprint density at radius 3 is 2.79 bits per heavy atom. The molecule has 1 aromatic heterocycles. The van der Waals surface area contributed by atoms with Crippen LogP contribution in [0, 0.1) is 6.92 Å². The van der Waals surface area contributed by atoms with E-state index in [0.717, 1.165) is 63.3 Å². The highest BCUT2D eigenvalue weighted by Gasteiger charge is 2.23. The lowest BCUT2D eigenvalue weighted by Gasteiger charge is -2.15. The predicted octanol–water partition coefficient (Wildman–Crippen LogP) is 5.79. The van der Waals surface area contributed by atoms with Crippen molar-refractivity contribution in [1.29, 1.82) is 0 Å². The maximum Gasteiger partial charge on any atom is 0.244 e. The van der Waals surface area contributed by atoms with Gasteiger partial charge in [0.2, 0.25) is 5.91 Å². The van der Waals surface area contributed by atoms with E-state index in [4.69, 9.17) is 13.9 Å². The maximum atomic E-state index is 12.7. The Hall–Kier alpha value is -3.21. The van der Waals surface area contributed by atoms with E-state index < -0.39 is 0 Å². The molecule has 0 atom stereocenters. The lowest BCUT2D eigenvalue weighted by molar-refractivity contribution is -0.116. The normalized spacial score (nSPS) is 13.6. The van der Waals surface area contributed by atoms with Crippen molar-refractivity contribution >= 4 is 22.4 Å². The van der Waals surface area contributed by atoms with Crippen molar-refractivity contribution in [3.63, 3.8) is 0 Å². The summed E-state index contributed by atoms with van der Waals surface area (Å²) in [7, 11) is 1.66. The molecule has 0 saturated carbocycles. The second-order valence-electron chi connectivity index (χ2n) is 8.58. The molecule has 0 radical (unpaired) electrons. The Morgan fingerprint density at radius 2 is 2.00 bits per heavy atom. The molecule has 1 aliphatic rings. The van der Waals surface area contributed by atoms with Crippen LogP contribution in [0.15, 0.2) is 40.8 Å². The zero-order chi connectivity index (χ0) is 23.4. The summed E-state index contributed by atoms with van der Waals surface area (Å²) in [6.45, 7) is 7.08. The van der Waals surface area contributed by atoms with Gasteiger partial charge in [-0.15, -0.1) is 0 Å². The lowest BCUT2D eigenvalue weighted by atomic mass is 9.93. The van der Waals surface area contributed by atoms with Crippen molar-refractivity contribution in [2.24, 2.45) is 0 Å². The average molecular weight is 448 g/mol. The number of fused-ring (bicyclic) bond motifs is 3. The molecule has 0 bridgehead atoms. The van der Waals surface area contributed by atoms with Crippen LogP contribution in [0.1, 0.15) is 54.7 Å². The summed E-state index contributed by atoms with van der Waals surface area (Å²) in [5.74, 6) is 2.63. The van der Waals surface area contributed by atoms with Crippen LogP contribution in [0.2, 0.25) is 0 Å². The Morgan fingerprint density at radius 1 is 1.21 bits per heavy atom. The number of rotatable bonds is 8. The van der Waals surface area contributed by atoms with Gasteiger partial charge in [0.1, 0.15) is 22.8 Å². The minimum atomic E-state index is -0.114. The molecule has 0 saturated heterocycles. The first kappa shape index (κ1) is 23.0. The van der Waals surface area contributed by atoms with Crippen LogP contribution in [-0.4, -0.2) is 26.2 Å². The molecule has 1 aliphatic carbocycles. The van der Waals surface area contributed by atoms with Gasteiger partial charge in [0.25, 0.3) is 0 Å². The number of benzene rings is 2. The third-order valence-corrected chi connectivity index (χ3v) is 6.37. The quantitative estimate of drug-likeness (QED) is 0.444. The van der Waals surface area contributed by atoms with Gasteiger partial charge in [0.05, 0.1) is 13.7 Å². The Labute approximate surface area is 195 Å². The highest BCUT2D eigenvalue weighted by molar-refractivity contribution is 5.98. The van der Waals surface area contributed by atoms with E-state index in [-0.39, 0.29) is 5.91 Å². The lowest BCUT2D eigenvalue weighted by Crippen LogP contribution is -2.24. The first-order valence-electron chi connectivity index (χ1n) is 11.8. The summed E-state index contributed by atoms with van der Waals surface area (Å²) in [4.78, 5) is 12.7. The van der Waals surface area contributed by atoms with E-state index in [1.165, 1.54) is 18.4 Å². The van der Waals surface area contributed by atoms with Crippen LogP contribution in [0.5, 0.6) is 11.5 Å². The van der Waals surface area contributed by atoms with Gasteiger partial charge in [-0.1, -0.05) is 18.2 Å². The van der Waals surface area contributed by atoms with E-state index in [1.807, 2.05) is 45.0 Å². The summed E-state index contributed by atoms with van der Waals surface area (Å²) in [5.41, 5.74) is 6.15. The number of carbonyl (C=O) groups excluding carboxylic acids is 1. The second kappa shape index (κ2) is 10.2. The third kappa shape index (κ3) is 4.77. The monoisotopic (exact) mass is 447 g/mol. The van der Waals surface area contributed by atoms with Crippen molar-refractivity contribution in [2.75, 3.05) is 20.3 Å². The number of methoxy groups -OCH3 is 1. The molecule has 0 spiro atoms. The van der Waals surface area contributed by atoms with Gasteiger partial charge in [-0.25, -0.2) is 0 Å². The molecule has 1 heterocycles. The molecule has 33 heavy (non-hydrogen) atoms. The zero-order valence-electron chi connectivity index (χ0n) is 20.0. The van der Waals surface area contributed by atoms with Gasteiger partial charge in [-0.2, -0.15) is 0 Å². The van der Waals surface area contributed by atoms with E-state index in [1.54, 1.807) is 13.2 Å². The number of ether oxygens (including phenoxy) is 2. The Bertz CT molecular complexity index is 1190. The van der Waals surface area contributed by atoms with Gasteiger partial charge >= 0.3 is 0 Å². The molecular weight excluding hydrogens is 414 g/mol. The van der Waals surface area contributed by atoms with Crippen LogP contribution in [0.3, 0.4) is 0 Å². The highest BCUT2D eigenvalue weighted by Crippen LogP contribution is 2.41. The number of hydrogen-bond acceptors (Lipinski definition) is 4. The summed E-state index contributed by atoms with van der Waals surface area (Å²) >= 11 is 0. The van der Waals surface area contributed by atoms with Crippen LogP contribution in [0.4, 0.5) is 0 Å². The van der Waals surface area contributed by atoms with Crippen LogP contribution in [0.25, 0.3) is 16.5 Å². The number of carbonyl (C=O) groups is 1. The van der Waals surface area contributed by atoms with Gasteiger partial charge in [-0.05, 0) is 69.7 Å². The van der Waals surface area contributed by atoms with Gasteiger partial charge in [0.15, 0.2) is 0 Å². The minimum absolute atomic E-state index is 0.114. The van der Waals surface area contributed by atoms with Crippen LogP contribution >= 0.6 is 0 Å². The molecule has 5 nitrogen and oxygen atoms in total. The second-order valence-corrected chi connectivity index (χ2v) is 8.58. The van der Waals surface area contributed by atoms with Gasteiger partial charge < -0.3 is 19.2 Å². The van der Waals surface area contributed by atoms with Gasteiger partial charge in [0, 0.05) is 41.1 Å². The zero-order valence-corrected chi connectivity index (χ0v) is 20.0. The van der Waals surface area contributed by atoms with E-state index >= 15 is 0 Å². The Kier molecular flexibility index (Phi) is 7.07. The van der Waals surface area contributed by atoms with Crippen molar-refractivity contribution < 1.29 is 18.7 Å². The first-order chi connectivity index (χ1) is 16.0. The molecule has 5 heteroatoms. The van der Waals surface area contributed by atoms with Gasteiger partial charge in [-0.3, -0.25) is 4.79 Å². The molecule has 174 valence electrons. The topological polar surface area (TPSA) is 60.7 Å². The largest absolute Gasteiger partial charge is 0.496 e. The number of amides is 1.